The summed E-state index contributed by atoms with van der Waals surface area (Å²) in [4.78, 5) is 22.4. The van der Waals surface area contributed by atoms with E-state index in [9.17, 15) is 4.79 Å². The van der Waals surface area contributed by atoms with E-state index >= 15 is 0 Å². The Morgan fingerprint density at radius 3 is 2.50 bits per heavy atom. The van der Waals surface area contributed by atoms with Gasteiger partial charge in [0.2, 0.25) is 5.91 Å². The molecule has 2 N–H and O–H groups in total. The highest BCUT2D eigenvalue weighted by atomic mass is 35.5. The van der Waals surface area contributed by atoms with E-state index in [-0.39, 0.29) is 5.54 Å². The molecule has 1 aliphatic heterocycles. The molecule has 176 valence electrons. The lowest BCUT2D eigenvalue weighted by molar-refractivity contribution is 0.0591. The Bertz CT molecular complexity index is 1260. The van der Waals surface area contributed by atoms with Crippen molar-refractivity contribution in [2.45, 2.75) is 39.3 Å². The van der Waals surface area contributed by atoms with Gasteiger partial charge in [0.25, 0.3) is 0 Å². The first kappa shape index (κ1) is 23.0. The van der Waals surface area contributed by atoms with Crippen LogP contribution in [0.5, 0.6) is 0 Å². The Morgan fingerprint density at radius 1 is 1.06 bits per heavy atom. The zero-order valence-electron chi connectivity index (χ0n) is 20.1. The van der Waals surface area contributed by atoms with Crippen molar-refractivity contribution in [2.24, 2.45) is 5.73 Å². The number of benzene rings is 2. The number of halogens is 1. The van der Waals surface area contributed by atoms with Gasteiger partial charge in [-0.25, -0.2) is 4.98 Å². The minimum absolute atomic E-state index is 0.216. The molecular formula is C28H31ClN4O. The van der Waals surface area contributed by atoms with Gasteiger partial charge in [-0.05, 0) is 61.7 Å². The first-order valence-corrected chi connectivity index (χ1v) is 12.3. The number of carbonyl (C=O) groups excluding carboxylic acids is 1. The van der Waals surface area contributed by atoms with Gasteiger partial charge in [0.1, 0.15) is 0 Å². The van der Waals surface area contributed by atoms with E-state index in [2.05, 4.69) is 48.8 Å². The molecule has 2 aliphatic rings. The fraction of sp³-hybridized carbons (Fsp3) is 0.357. The molecule has 3 aromatic rings. The Balaban J connectivity index is 1.45. The number of carbonyl (C=O) groups is 1. The summed E-state index contributed by atoms with van der Waals surface area (Å²) in [5.74, 6) is -0.424. The molecular weight excluding hydrogens is 444 g/mol. The summed E-state index contributed by atoms with van der Waals surface area (Å²) in [7, 11) is 0. The van der Waals surface area contributed by atoms with Gasteiger partial charge >= 0.3 is 0 Å². The maximum Gasteiger partial charge on any atom is 0.249 e. The van der Waals surface area contributed by atoms with Crippen LogP contribution in [0.15, 0.2) is 48.5 Å². The molecule has 2 aromatic carbocycles. The quantitative estimate of drug-likeness (QED) is 0.452. The lowest BCUT2D eigenvalue weighted by Gasteiger charge is -2.42. The molecule has 5 rings (SSSR count). The number of nitrogens with two attached hydrogens (primary N) is 1. The molecule has 2 heterocycles. The van der Waals surface area contributed by atoms with Crippen molar-refractivity contribution in [1.29, 1.82) is 0 Å². The van der Waals surface area contributed by atoms with Crippen LogP contribution >= 0.6 is 11.6 Å². The van der Waals surface area contributed by atoms with Gasteiger partial charge in [-0.1, -0.05) is 35.9 Å². The molecule has 0 atom stereocenters. The Kier molecular flexibility index (Phi) is 5.96. The van der Waals surface area contributed by atoms with Crippen molar-refractivity contribution in [3.63, 3.8) is 0 Å². The van der Waals surface area contributed by atoms with Crippen molar-refractivity contribution in [3.05, 3.63) is 75.8 Å². The largest absolute Gasteiger partial charge is 0.366 e. The van der Waals surface area contributed by atoms with Crippen LogP contribution in [0.25, 0.3) is 22.5 Å². The minimum Gasteiger partial charge on any atom is -0.366 e. The van der Waals surface area contributed by atoms with E-state index in [4.69, 9.17) is 22.3 Å². The summed E-state index contributed by atoms with van der Waals surface area (Å²) in [6.07, 6.45) is 0.677. The number of hydrogen-bond acceptors (Lipinski definition) is 4. The fourth-order valence-corrected chi connectivity index (χ4v) is 5.30. The van der Waals surface area contributed by atoms with Crippen molar-refractivity contribution < 1.29 is 4.79 Å². The molecule has 1 amide bonds. The molecule has 6 heteroatoms. The highest BCUT2D eigenvalue weighted by Gasteiger charge is 2.28. The Hall–Kier alpha value is -2.73. The van der Waals surface area contributed by atoms with E-state index in [1.54, 1.807) is 6.07 Å². The predicted molar refractivity (Wildman–Crippen MR) is 138 cm³/mol. The van der Waals surface area contributed by atoms with Gasteiger partial charge in [-0.2, -0.15) is 0 Å². The number of nitrogens with zero attached hydrogens (tertiary/aromatic N) is 3. The molecule has 0 radical (unpaired) electrons. The van der Waals surface area contributed by atoms with Crippen LogP contribution in [-0.4, -0.2) is 52.4 Å². The van der Waals surface area contributed by atoms with Gasteiger partial charge in [-0.15, -0.1) is 0 Å². The standard InChI is InChI=1S/C28H31ClN4O/c1-28(2,3)33-11-9-32(10-12-33)17-18-7-8-19-15-23-24(27(30)34)16-25(31-26(23)22(19)13-18)20-5-4-6-21(29)14-20/h4-8,13-14,16H,9-12,15,17H2,1-3H3,(H2,30,34). The Morgan fingerprint density at radius 2 is 1.82 bits per heavy atom. The highest BCUT2D eigenvalue weighted by molar-refractivity contribution is 6.30. The smallest absolute Gasteiger partial charge is 0.249 e. The molecule has 1 saturated heterocycles. The molecule has 34 heavy (non-hydrogen) atoms. The van der Waals surface area contributed by atoms with Gasteiger partial charge in [0, 0.05) is 66.4 Å². The summed E-state index contributed by atoms with van der Waals surface area (Å²) in [6, 6.07) is 16.0. The molecule has 0 spiro atoms. The minimum atomic E-state index is -0.424. The second-order valence-corrected chi connectivity index (χ2v) is 10.8. The van der Waals surface area contributed by atoms with Crippen molar-refractivity contribution in [3.8, 4) is 22.5 Å². The first-order chi connectivity index (χ1) is 16.2. The van der Waals surface area contributed by atoms with Crippen LogP contribution in [-0.2, 0) is 13.0 Å². The van der Waals surface area contributed by atoms with Crippen LogP contribution in [0.1, 0.15) is 47.8 Å². The number of amides is 1. The van der Waals surface area contributed by atoms with Crippen molar-refractivity contribution in [1.82, 2.24) is 14.8 Å². The molecule has 0 bridgehead atoms. The molecule has 1 aromatic heterocycles. The topological polar surface area (TPSA) is 62.5 Å². The predicted octanol–water partition coefficient (Wildman–Crippen LogP) is 4.99. The lowest BCUT2D eigenvalue weighted by Crippen LogP contribution is -2.53. The summed E-state index contributed by atoms with van der Waals surface area (Å²) < 4.78 is 0. The zero-order chi connectivity index (χ0) is 24.0. The zero-order valence-corrected chi connectivity index (χ0v) is 20.8. The van der Waals surface area contributed by atoms with Crippen molar-refractivity contribution >= 4 is 17.5 Å². The number of fused-ring (bicyclic) bond motifs is 3. The summed E-state index contributed by atoms with van der Waals surface area (Å²) in [6.45, 7) is 12.1. The van der Waals surface area contributed by atoms with Crippen molar-refractivity contribution in [2.75, 3.05) is 26.2 Å². The van der Waals surface area contributed by atoms with Crippen LogP contribution in [0.2, 0.25) is 5.02 Å². The lowest BCUT2D eigenvalue weighted by atomic mass is 10.0. The first-order valence-electron chi connectivity index (χ1n) is 11.9. The van der Waals surface area contributed by atoms with Crippen LogP contribution in [0, 0.1) is 0 Å². The maximum atomic E-state index is 12.3. The summed E-state index contributed by atoms with van der Waals surface area (Å²) >= 11 is 6.22. The van der Waals surface area contributed by atoms with E-state index in [0.29, 0.717) is 22.7 Å². The van der Waals surface area contributed by atoms with E-state index in [1.807, 2.05) is 24.3 Å². The molecule has 0 unspecified atom stereocenters. The maximum absolute atomic E-state index is 12.3. The molecule has 1 fully saturated rings. The van der Waals surface area contributed by atoms with Crippen LogP contribution < -0.4 is 5.73 Å². The number of aromatic nitrogens is 1. The van der Waals surface area contributed by atoms with Crippen LogP contribution in [0.4, 0.5) is 0 Å². The third-order valence-corrected chi connectivity index (χ3v) is 7.27. The second kappa shape index (κ2) is 8.81. The average Bonchev–Trinajstić information content (AvgIpc) is 3.16. The molecule has 0 saturated carbocycles. The van der Waals surface area contributed by atoms with E-state index in [0.717, 1.165) is 55.1 Å². The van der Waals surface area contributed by atoms with Gasteiger partial charge in [0.05, 0.1) is 11.4 Å². The number of rotatable bonds is 4. The SMILES string of the molecule is CC(C)(C)N1CCN(Cc2ccc3c(c2)-c2nc(-c4cccc(Cl)c4)cc(C(N)=O)c2C3)CC1. The second-order valence-electron chi connectivity index (χ2n) is 10.4. The fourth-order valence-electron chi connectivity index (χ4n) is 5.11. The number of hydrogen-bond donors (Lipinski definition) is 1. The summed E-state index contributed by atoms with van der Waals surface area (Å²) in [5.41, 5.74) is 13.5. The van der Waals surface area contributed by atoms with E-state index < -0.39 is 5.91 Å². The highest BCUT2D eigenvalue weighted by Crippen LogP contribution is 2.39. The number of pyridine rings is 1. The molecule has 1 aliphatic carbocycles. The average molecular weight is 475 g/mol. The van der Waals surface area contributed by atoms with E-state index in [1.165, 1.54) is 11.1 Å². The summed E-state index contributed by atoms with van der Waals surface area (Å²) in [5, 5.41) is 0.634. The number of piperazine rings is 1. The number of primary amides is 1. The van der Waals surface area contributed by atoms with Gasteiger partial charge < -0.3 is 5.73 Å². The van der Waals surface area contributed by atoms with Gasteiger partial charge in [0.15, 0.2) is 0 Å². The normalized spacial score (nSPS) is 16.4. The molecule has 5 nitrogen and oxygen atoms in total. The third-order valence-electron chi connectivity index (χ3n) is 7.03. The van der Waals surface area contributed by atoms with Gasteiger partial charge in [-0.3, -0.25) is 14.6 Å². The Labute approximate surface area is 206 Å². The monoisotopic (exact) mass is 474 g/mol. The van der Waals surface area contributed by atoms with Crippen LogP contribution in [0.3, 0.4) is 0 Å². The third kappa shape index (κ3) is 4.48.